The molecule has 0 aliphatic heterocycles. The summed E-state index contributed by atoms with van der Waals surface area (Å²) in [6.07, 6.45) is 1.28. The van der Waals surface area contributed by atoms with Crippen LogP contribution in [0.4, 0.5) is 10.8 Å². The van der Waals surface area contributed by atoms with E-state index in [1.807, 2.05) is 13.8 Å². The molecule has 0 spiro atoms. The van der Waals surface area contributed by atoms with Crippen LogP contribution in [-0.2, 0) is 11.2 Å². The maximum absolute atomic E-state index is 5.53. The van der Waals surface area contributed by atoms with Gasteiger partial charge in [-0.25, -0.2) is 0 Å². The van der Waals surface area contributed by atoms with Gasteiger partial charge >= 0.3 is 0 Å². The molecule has 1 aromatic carbocycles. The number of aryl methyl sites for hydroxylation is 2. The average molecular weight is 338 g/mol. The first-order chi connectivity index (χ1) is 10.6. The molecule has 120 valence electrons. The summed E-state index contributed by atoms with van der Waals surface area (Å²) in [4.78, 5) is 0. The lowest BCUT2D eigenvalue weighted by atomic mass is 10.1. The number of ether oxygens (including phenoxy) is 1. The molecule has 1 aromatic heterocycles. The molecule has 0 aliphatic carbocycles. The zero-order valence-electron chi connectivity index (χ0n) is 13.5. The summed E-state index contributed by atoms with van der Waals surface area (Å²) in [5.74, 6) is 0.900. The summed E-state index contributed by atoms with van der Waals surface area (Å²) in [6.45, 7) is 9.11. The number of hydrogen-bond donors (Lipinski definition) is 1. The van der Waals surface area contributed by atoms with Gasteiger partial charge in [0.05, 0.1) is 12.7 Å². The van der Waals surface area contributed by atoms with E-state index in [4.69, 9.17) is 4.74 Å². The van der Waals surface area contributed by atoms with Crippen molar-refractivity contribution in [3.05, 3.63) is 29.3 Å². The van der Waals surface area contributed by atoms with Crippen molar-refractivity contribution in [3.63, 3.8) is 0 Å². The number of aromatic nitrogens is 2. The topological polar surface area (TPSA) is 47.0 Å². The lowest BCUT2D eigenvalue weighted by Gasteiger charge is -2.11. The fourth-order valence-corrected chi connectivity index (χ4v) is 3.70. The van der Waals surface area contributed by atoms with Gasteiger partial charge in [-0.05, 0) is 38.3 Å². The van der Waals surface area contributed by atoms with E-state index < -0.39 is 0 Å². The van der Waals surface area contributed by atoms with E-state index in [1.165, 1.54) is 11.1 Å². The minimum Gasteiger partial charge on any atom is -0.378 e. The predicted molar refractivity (Wildman–Crippen MR) is 95.6 cm³/mol. The van der Waals surface area contributed by atoms with E-state index in [-0.39, 0.29) is 6.10 Å². The molecule has 0 bridgehead atoms. The van der Waals surface area contributed by atoms with Crippen LogP contribution < -0.4 is 5.32 Å². The largest absolute Gasteiger partial charge is 0.378 e. The van der Waals surface area contributed by atoms with Gasteiger partial charge in [0.2, 0.25) is 5.13 Å². The molecule has 0 aliphatic rings. The van der Waals surface area contributed by atoms with E-state index >= 15 is 0 Å². The number of para-hydroxylation sites is 1. The summed E-state index contributed by atoms with van der Waals surface area (Å²) in [5, 5.41) is 12.7. The Balaban J connectivity index is 1.95. The van der Waals surface area contributed by atoms with E-state index in [1.54, 1.807) is 23.1 Å². The van der Waals surface area contributed by atoms with Crippen LogP contribution in [0.15, 0.2) is 22.5 Å². The maximum atomic E-state index is 5.53. The molecule has 0 atom stereocenters. The van der Waals surface area contributed by atoms with Crippen LogP contribution in [0.1, 0.15) is 31.9 Å². The normalized spacial score (nSPS) is 11.1. The Bertz CT molecular complexity index is 599. The third kappa shape index (κ3) is 4.97. The zero-order valence-corrected chi connectivity index (χ0v) is 15.2. The first kappa shape index (κ1) is 17.2. The number of nitrogens with one attached hydrogen (secondary N) is 1. The van der Waals surface area contributed by atoms with Gasteiger partial charge in [-0.1, -0.05) is 48.2 Å². The summed E-state index contributed by atoms with van der Waals surface area (Å²) in [5.41, 5.74) is 3.68. The highest BCUT2D eigenvalue weighted by molar-refractivity contribution is 8.01. The monoisotopic (exact) mass is 337 g/mol. The van der Waals surface area contributed by atoms with Crippen molar-refractivity contribution in [1.82, 2.24) is 10.2 Å². The van der Waals surface area contributed by atoms with Crippen molar-refractivity contribution in [2.24, 2.45) is 0 Å². The van der Waals surface area contributed by atoms with Crippen LogP contribution in [0.25, 0.3) is 0 Å². The van der Waals surface area contributed by atoms with Crippen LogP contribution in [0, 0.1) is 6.92 Å². The molecule has 0 unspecified atom stereocenters. The van der Waals surface area contributed by atoms with E-state index in [9.17, 15) is 0 Å². The van der Waals surface area contributed by atoms with Crippen LogP contribution in [-0.4, -0.2) is 28.7 Å². The van der Waals surface area contributed by atoms with Gasteiger partial charge in [0.25, 0.3) is 0 Å². The minimum absolute atomic E-state index is 0.278. The van der Waals surface area contributed by atoms with Crippen molar-refractivity contribution in [2.75, 3.05) is 17.7 Å². The van der Waals surface area contributed by atoms with E-state index in [0.29, 0.717) is 0 Å². The Morgan fingerprint density at radius 3 is 2.86 bits per heavy atom. The molecule has 0 saturated heterocycles. The molecule has 0 amide bonds. The fourth-order valence-electron chi connectivity index (χ4n) is 2.04. The maximum Gasteiger partial charge on any atom is 0.210 e. The molecule has 0 saturated carbocycles. The quantitative estimate of drug-likeness (QED) is 0.560. The number of thioether (sulfide) groups is 1. The minimum atomic E-state index is 0.278. The first-order valence-electron chi connectivity index (χ1n) is 7.53. The first-order valence-corrected chi connectivity index (χ1v) is 9.33. The second kappa shape index (κ2) is 8.50. The Kier molecular flexibility index (Phi) is 6.67. The standard InChI is InChI=1S/C16H23N3OS2/c1-5-13-8-6-7-12(4)14(13)17-15-18-19-16(22-15)21-10-9-20-11(2)3/h6-8,11H,5,9-10H2,1-4H3,(H,17,18). The van der Waals surface area contributed by atoms with Crippen molar-refractivity contribution in [3.8, 4) is 0 Å². The van der Waals surface area contributed by atoms with Crippen molar-refractivity contribution in [1.29, 1.82) is 0 Å². The predicted octanol–water partition coefficient (Wildman–Crippen LogP) is 4.67. The van der Waals surface area contributed by atoms with Crippen molar-refractivity contribution >= 4 is 33.9 Å². The molecule has 1 heterocycles. The molecular formula is C16H23N3OS2. The number of hydrogen-bond acceptors (Lipinski definition) is 6. The Morgan fingerprint density at radius 2 is 2.14 bits per heavy atom. The van der Waals surface area contributed by atoms with Gasteiger partial charge in [0.15, 0.2) is 4.34 Å². The van der Waals surface area contributed by atoms with Gasteiger partial charge in [0, 0.05) is 11.4 Å². The summed E-state index contributed by atoms with van der Waals surface area (Å²) < 4.78 is 6.51. The molecule has 0 radical (unpaired) electrons. The smallest absolute Gasteiger partial charge is 0.210 e. The van der Waals surface area contributed by atoms with E-state index in [0.717, 1.165) is 33.9 Å². The van der Waals surface area contributed by atoms with Gasteiger partial charge < -0.3 is 10.1 Å². The molecule has 4 nitrogen and oxygen atoms in total. The third-order valence-electron chi connectivity index (χ3n) is 3.14. The Morgan fingerprint density at radius 1 is 1.32 bits per heavy atom. The molecule has 6 heteroatoms. The van der Waals surface area contributed by atoms with Crippen molar-refractivity contribution in [2.45, 2.75) is 44.6 Å². The summed E-state index contributed by atoms with van der Waals surface area (Å²) in [6, 6.07) is 6.35. The second-order valence-corrected chi connectivity index (χ2v) is 7.55. The Hall–Kier alpha value is -1.11. The molecule has 0 fully saturated rings. The van der Waals surface area contributed by atoms with Crippen molar-refractivity contribution < 1.29 is 4.74 Å². The molecule has 1 N–H and O–H groups in total. The summed E-state index contributed by atoms with van der Waals surface area (Å²) >= 11 is 3.28. The second-order valence-electron chi connectivity index (χ2n) is 5.23. The van der Waals surface area contributed by atoms with Crippen LogP contribution in [0.2, 0.25) is 0 Å². The Labute approximate surface area is 140 Å². The third-order valence-corrected chi connectivity index (χ3v) is 5.07. The van der Waals surface area contributed by atoms with Gasteiger partial charge in [-0.2, -0.15) is 0 Å². The van der Waals surface area contributed by atoms with Gasteiger partial charge in [-0.3, -0.25) is 0 Å². The zero-order chi connectivity index (χ0) is 15.9. The average Bonchev–Trinajstić information content (AvgIpc) is 2.93. The van der Waals surface area contributed by atoms with Crippen LogP contribution in [0.5, 0.6) is 0 Å². The van der Waals surface area contributed by atoms with Gasteiger partial charge in [0.1, 0.15) is 0 Å². The molecular weight excluding hydrogens is 314 g/mol. The highest BCUT2D eigenvalue weighted by atomic mass is 32.2. The van der Waals surface area contributed by atoms with Gasteiger partial charge in [-0.15, -0.1) is 10.2 Å². The molecule has 2 rings (SSSR count). The number of nitrogens with zero attached hydrogens (tertiary/aromatic N) is 2. The molecule has 2 aromatic rings. The molecule has 22 heavy (non-hydrogen) atoms. The van der Waals surface area contributed by atoms with Crippen LogP contribution >= 0.6 is 23.1 Å². The highest BCUT2D eigenvalue weighted by Gasteiger charge is 2.09. The fraction of sp³-hybridized carbons (Fsp3) is 0.500. The number of anilines is 2. The summed E-state index contributed by atoms with van der Waals surface area (Å²) in [7, 11) is 0. The SMILES string of the molecule is CCc1cccc(C)c1Nc1nnc(SCCOC(C)C)s1. The number of benzene rings is 1. The highest BCUT2D eigenvalue weighted by Crippen LogP contribution is 2.30. The number of rotatable bonds is 8. The van der Waals surface area contributed by atoms with Crippen LogP contribution in [0.3, 0.4) is 0 Å². The lowest BCUT2D eigenvalue weighted by Crippen LogP contribution is -2.05. The lowest BCUT2D eigenvalue weighted by molar-refractivity contribution is 0.0920. The van der Waals surface area contributed by atoms with E-state index in [2.05, 4.69) is 47.6 Å².